The molecular formula is C20H22N2O2S. The Labute approximate surface area is 151 Å². The minimum absolute atomic E-state index is 0.0347. The maximum atomic E-state index is 12.9. The number of thioether (sulfide) groups is 1. The monoisotopic (exact) mass is 354 g/mol. The molecule has 0 aliphatic rings. The van der Waals surface area contributed by atoms with E-state index in [1.165, 1.54) is 0 Å². The van der Waals surface area contributed by atoms with Gasteiger partial charge in [0.15, 0.2) is 5.16 Å². The van der Waals surface area contributed by atoms with E-state index in [2.05, 4.69) is 19.9 Å². The summed E-state index contributed by atoms with van der Waals surface area (Å²) in [5.41, 5.74) is 1.93. The number of fused-ring (bicyclic) bond motifs is 1. The molecule has 25 heavy (non-hydrogen) atoms. The van der Waals surface area contributed by atoms with E-state index in [-0.39, 0.29) is 5.56 Å². The summed E-state index contributed by atoms with van der Waals surface area (Å²) in [5, 5.41) is 1.44. The first-order chi connectivity index (χ1) is 12.1. The summed E-state index contributed by atoms with van der Waals surface area (Å²) >= 11 is 1.59. The molecule has 4 nitrogen and oxygen atoms in total. The van der Waals surface area contributed by atoms with Crippen molar-refractivity contribution >= 4 is 22.7 Å². The Morgan fingerprint density at radius 1 is 1.16 bits per heavy atom. The highest BCUT2D eigenvalue weighted by Crippen LogP contribution is 2.24. The average molecular weight is 354 g/mol. The van der Waals surface area contributed by atoms with E-state index in [0.717, 1.165) is 27.7 Å². The third-order valence-corrected chi connectivity index (χ3v) is 4.92. The van der Waals surface area contributed by atoms with E-state index >= 15 is 0 Å². The molecule has 0 unspecified atom stereocenters. The Balaban J connectivity index is 1.97. The molecule has 130 valence electrons. The fraction of sp³-hybridized carbons (Fsp3) is 0.300. The van der Waals surface area contributed by atoms with Crippen LogP contribution >= 0.6 is 11.8 Å². The van der Waals surface area contributed by atoms with Crippen molar-refractivity contribution in [2.75, 3.05) is 7.11 Å². The maximum absolute atomic E-state index is 12.9. The van der Waals surface area contributed by atoms with Gasteiger partial charge in [0.05, 0.1) is 18.0 Å². The molecule has 0 aliphatic heterocycles. The molecule has 0 bridgehead atoms. The summed E-state index contributed by atoms with van der Waals surface area (Å²) in [7, 11) is 1.66. The minimum Gasteiger partial charge on any atom is -0.497 e. The topological polar surface area (TPSA) is 44.1 Å². The van der Waals surface area contributed by atoms with Gasteiger partial charge in [0.1, 0.15) is 5.75 Å². The van der Waals surface area contributed by atoms with Crippen LogP contribution in [0.4, 0.5) is 0 Å². The van der Waals surface area contributed by atoms with Crippen LogP contribution in [-0.2, 0) is 12.3 Å². The molecule has 1 aromatic heterocycles. The highest BCUT2D eigenvalue weighted by molar-refractivity contribution is 7.98. The zero-order valence-corrected chi connectivity index (χ0v) is 15.5. The zero-order valence-electron chi connectivity index (χ0n) is 14.7. The van der Waals surface area contributed by atoms with Crippen LogP contribution in [0.25, 0.3) is 10.9 Å². The number of benzene rings is 2. The Morgan fingerprint density at radius 3 is 2.72 bits per heavy atom. The fourth-order valence-corrected chi connectivity index (χ4v) is 3.65. The molecule has 0 radical (unpaired) electrons. The van der Waals surface area contributed by atoms with Crippen LogP contribution in [0.5, 0.6) is 5.75 Å². The van der Waals surface area contributed by atoms with Crippen molar-refractivity contribution in [2.45, 2.75) is 31.3 Å². The number of para-hydroxylation sites is 1. The average Bonchev–Trinajstić information content (AvgIpc) is 2.62. The number of hydrogen-bond acceptors (Lipinski definition) is 4. The summed E-state index contributed by atoms with van der Waals surface area (Å²) in [6.07, 6.45) is 0. The van der Waals surface area contributed by atoms with Gasteiger partial charge in [0.2, 0.25) is 0 Å². The number of ether oxygens (including phenoxy) is 1. The van der Waals surface area contributed by atoms with Gasteiger partial charge < -0.3 is 4.74 Å². The molecule has 0 N–H and O–H groups in total. The lowest BCUT2D eigenvalue weighted by atomic mass is 10.2. The van der Waals surface area contributed by atoms with E-state index in [1.807, 2.05) is 42.5 Å². The molecule has 0 aliphatic carbocycles. The quantitative estimate of drug-likeness (QED) is 0.487. The summed E-state index contributed by atoms with van der Waals surface area (Å²) in [6.45, 7) is 4.88. The van der Waals surface area contributed by atoms with Crippen LogP contribution in [0.15, 0.2) is 58.5 Å². The van der Waals surface area contributed by atoms with Gasteiger partial charge in [-0.15, -0.1) is 0 Å². The van der Waals surface area contributed by atoms with Gasteiger partial charge in [-0.2, -0.15) is 0 Å². The lowest BCUT2D eigenvalue weighted by molar-refractivity contribution is 0.414. The van der Waals surface area contributed by atoms with Gasteiger partial charge in [0, 0.05) is 12.3 Å². The molecule has 0 saturated heterocycles. The summed E-state index contributed by atoms with van der Waals surface area (Å²) in [6, 6.07) is 15.5. The van der Waals surface area contributed by atoms with E-state index in [1.54, 1.807) is 23.4 Å². The van der Waals surface area contributed by atoms with Crippen molar-refractivity contribution < 1.29 is 4.74 Å². The van der Waals surface area contributed by atoms with Gasteiger partial charge in [-0.3, -0.25) is 9.36 Å². The van der Waals surface area contributed by atoms with Crippen molar-refractivity contribution in [3.63, 3.8) is 0 Å². The van der Waals surface area contributed by atoms with Crippen molar-refractivity contribution in [1.82, 2.24) is 9.55 Å². The van der Waals surface area contributed by atoms with Gasteiger partial charge in [0.25, 0.3) is 5.56 Å². The van der Waals surface area contributed by atoms with Crippen molar-refractivity contribution in [3.05, 3.63) is 64.4 Å². The second-order valence-corrected chi connectivity index (χ2v) is 7.30. The number of rotatable bonds is 6. The highest BCUT2D eigenvalue weighted by atomic mass is 32.2. The molecule has 0 atom stereocenters. The van der Waals surface area contributed by atoms with Gasteiger partial charge in [-0.1, -0.05) is 49.9 Å². The predicted molar refractivity (Wildman–Crippen MR) is 103 cm³/mol. The van der Waals surface area contributed by atoms with Gasteiger partial charge in [-0.05, 0) is 35.7 Å². The fourth-order valence-electron chi connectivity index (χ4n) is 2.69. The van der Waals surface area contributed by atoms with Crippen LogP contribution in [-0.4, -0.2) is 16.7 Å². The summed E-state index contributed by atoms with van der Waals surface area (Å²) in [5.74, 6) is 1.95. The number of nitrogens with zero attached hydrogens (tertiary/aromatic N) is 2. The highest BCUT2D eigenvalue weighted by Gasteiger charge is 2.13. The molecule has 3 rings (SSSR count). The first-order valence-corrected chi connectivity index (χ1v) is 9.32. The van der Waals surface area contributed by atoms with E-state index in [0.29, 0.717) is 17.8 Å². The predicted octanol–water partition coefficient (Wildman–Crippen LogP) is 4.35. The normalized spacial score (nSPS) is 11.2. The first-order valence-electron chi connectivity index (χ1n) is 8.34. The van der Waals surface area contributed by atoms with E-state index < -0.39 is 0 Å². The Bertz CT molecular complexity index is 934. The molecule has 2 aromatic carbocycles. The lowest BCUT2D eigenvalue weighted by Crippen LogP contribution is -2.25. The van der Waals surface area contributed by atoms with Crippen LogP contribution in [0.2, 0.25) is 0 Å². The molecule has 1 heterocycles. The Morgan fingerprint density at radius 2 is 1.96 bits per heavy atom. The minimum atomic E-state index is 0.0347. The second-order valence-electron chi connectivity index (χ2n) is 6.36. The summed E-state index contributed by atoms with van der Waals surface area (Å²) < 4.78 is 7.08. The molecule has 0 amide bonds. The number of hydrogen-bond donors (Lipinski definition) is 0. The zero-order chi connectivity index (χ0) is 17.8. The SMILES string of the molecule is COc1cccc(CSc2nc3ccccc3c(=O)n2CC(C)C)c1. The summed E-state index contributed by atoms with van der Waals surface area (Å²) in [4.78, 5) is 17.6. The largest absolute Gasteiger partial charge is 0.497 e. The van der Waals surface area contributed by atoms with Crippen LogP contribution < -0.4 is 10.3 Å². The molecule has 0 spiro atoms. The third-order valence-electron chi connectivity index (χ3n) is 3.88. The number of methoxy groups -OCH3 is 1. The Kier molecular flexibility index (Phi) is 5.43. The maximum Gasteiger partial charge on any atom is 0.262 e. The molecule has 0 saturated carbocycles. The Hall–Kier alpha value is -2.27. The van der Waals surface area contributed by atoms with Crippen LogP contribution in [0, 0.1) is 5.92 Å². The van der Waals surface area contributed by atoms with Crippen LogP contribution in [0.3, 0.4) is 0 Å². The van der Waals surface area contributed by atoms with Crippen molar-refractivity contribution in [2.24, 2.45) is 5.92 Å². The van der Waals surface area contributed by atoms with Crippen molar-refractivity contribution in [3.8, 4) is 5.75 Å². The van der Waals surface area contributed by atoms with Gasteiger partial charge in [-0.25, -0.2) is 4.98 Å². The molecular weight excluding hydrogens is 332 g/mol. The van der Waals surface area contributed by atoms with E-state index in [9.17, 15) is 4.79 Å². The number of aromatic nitrogens is 2. The second kappa shape index (κ2) is 7.74. The van der Waals surface area contributed by atoms with Crippen molar-refractivity contribution in [1.29, 1.82) is 0 Å². The van der Waals surface area contributed by atoms with Crippen LogP contribution in [0.1, 0.15) is 19.4 Å². The smallest absolute Gasteiger partial charge is 0.262 e. The molecule has 0 fully saturated rings. The molecule has 5 heteroatoms. The third kappa shape index (κ3) is 4.04. The van der Waals surface area contributed by atoms with Gasteiger partial charge >= 0.3 is 0 Å². The molecule has 3 aromatic rings. The lowest BCUT2D eigenvalue weighted by Gasteiger charge is -2.15. The first kappa shape index (κ1) is 17.5. The van der Waals surface area contributed by atoms with E-state index in [4.69, 9.17) is 9.72 Å². The standard InChI is InChI=1S/C20H22N2O2S/c1-14(2)12-22-19(23)17-9-4-5-10-18(17)21-20(22)25-13-15-7-6-8-16(11-15)24-3/h4-11,14H,12-13H2,1-3H3.